The van der Waals surface area contributed by atoms with Crippen molar-refractivity contribution in [1.29, 1.82) is 0 Å². The zero-order valence-corrected chi connectivity index (χ0v) is 9.71. The summed E-state index contributed by atoms with van der Waals surface area (Å²) in [4.78, 5) is 19.3. The highest BCUT2D eigenvalue weighted by molar-refractivity contribution is 5.77. The van der Waals surface area contributed by atoms with E-state index in [9.17, 15) is 4.79 Å². The molecule has 6 nitrogen and oxygen atoms in total. The molecule has 2 aromatic rings. The fourth-order valence-electron chi connectivity index (χ4n) is 1.80. The number of carboxylic acids is 1. The highest BCUT2D eigenvalue weighted by Gasteiger charge is 2.17. The second-order valence-corrected chi connectivity index (χ2v) is 3.99. The van der Waals surface area contributed by atoms with E-state index in [0.29, 0.717) is 5.52 Å². The summed E-state index contributed by atoms with van der Waals surface area (Å²) in [5.74, 6) is -0.0995. The Bertz CT molecular complexity index is 576. The molecular weight excluding hydrogens is 220 g/mol. The molecule has 90 valence electrons. The van der Waals surface area contributed by atoms with Crippen molar-refractivity contribution in [3.63, 3.8) is 0 Å². The van der Waals surface area contributed by atoms with E-state index in [4.69, 9.17) is 10.8 Å². The first-order chi connectivity index (χ1) is 8.00. The van der Waals surface area contributed by atoms with Gasteiger partial charge in [0.05, 0.1) is 6.42 Å². The third-order valence-corrected chi connectivity index (χ3v) is 2.81. The van der Waals surface area contributed by atoms with Gasteiger partial charge in [-0.15, -0.1) is 0 Å². The van der Waals surface area contributed by atoms with Gasteiger partial charge in [-0.2, -0.15) is 0 Å². The van der Waals surface area contributed by atoms with E-state index in [-0.39, 0.29) is 6.42 Å². The molecule has 3 N–H and O–H groups in total. The fraction of sp³-hybridized carbons (Fsp3) is 0.364. The number of nitrogens with two attached hydrogens (primary N) is 1. The minimum atomic E-state index is -0.921. The van der Waals surface area contributed by atoms with Crippen LogP contribution in [-0.2, 0) is 11.8 Å². The monoisotopic (exact) mass is 234 g/mol. The number of aromatic nitrogens is 3. The number of hydrogen-bond acceptors (Lipinski definition) is 4. The quantitative estimate of drug-likeness (QED) is 0.817. The average molecular weight is 234 g/mol. The van der Waals surface area contributed by atoms with Crippen molar-refractivity contribution < 1.29 is 9.90 Å². The molecule has 2 rings (SSSR count). The second kappa shape index (κ2) is 4.14. The molecule has 0 fully saturated rings. The number of aryl methyl sites for hydroxylation is 2. The van der Waals surface area contributed by atoms with E-state index in [2.05, 4.69) is 9.97 Å². The molecule has 0 saturated carbocycles. The van der Waals surface area contributed by atoms with E-state index in [0.717, 1.165) is 17.0 Å². The summed E-state index contributed by atoms with van der Waals surface area (Å²) in [5, 5.41) is 8.76. The molecule has 0 amide bonds. The number of carboxylic acid groups (broad SMARTS) is 1. The van der Waals surface area contributed by atoms with E-state index in [1.807, 2.05) is 18.5 Å². The zero-order chi connectivity index (χ0) is 12.6. The summed E-state index contributed by atoms with van der Waals surface area (Å²) in [6.45, 7) is 1.87. The predicted octanol–water partition coefficient (Wildman–Crippen LogP) is 0.751. The predicted molar refractivity (Wildman–Crippen MR) is 62.4 cm³/mol. The number of pyridine rings is 1. The van der Waals surface area contributed by atoms with Crippen molar-refractivity contribution in [2.45, 2.75) is 19.4 Å². The smallest absolute Gasteiger partial charge is 0.305 e. The number of aliphatic carboxylic acids is 1. The number of fused-ring (bicyclic) bond motifs is 1. The topological polar surface area (TPSA) is 94.0 Å². The first-order valence-electron chi connectivity index (χ1n) is 5.26. The Morgan fingerprint density at radius 1 is 1.65 bits per heavy atom. The molecule has 0 saturated heterocycles. The molecule has 0 radical (unpaired) electrons. The van der Waals surface area contributed by atoms with Crippen LogP contribution in [0.1, 0.15) is 23.9 Å². The number of imidazole rings is 1. The van der Waals surface area contributed by atoms with Crippen LogP contribution >= 0.6 is 0 Å². The second-order valence-electron chi connectivity index (χ2n) is 3.99. The Morgan fingerprint density at radius 3 is 3.00 bits per heavy atom. The van der Waals surface area contributed by atoms with Crippen molar-refractivity contribution in [3.05, 3.63) is 23.7 Å². The van der Waals surface area contributed by atoms with Crippen molar-refractivity contribution in [2.75, 3.05) is 0 Å². The lowest BCUT2D eigenvalue weighted by Gasteiger charge is -2.09. The first-order valence-corrected chi connectivity index (χ1v) is 5.26. The molecule has 0 aliphatic carbocycles. The van der Waals surface area contributed by atoms with Crippen molar-refractivity contribution in [2.24, 2.45) is 12.8 Å². The van der Waals surface area contributed by atoms with E-state index >= 15 is 0 Å². The molecule has 0 aliphatic rings. The first kappa shape index (κ1) is 11.5. The molecule has 1 atom stereocenters. The number of carbonyl (C=O) groups is 1. The Balaban J connectivity index is 2.54. The molecule has 0 aromatic carbocycles. The van der Waals surface area contributed by atoms with Gasteiger partial charge in [-0.3, -0.25) is 4.79 Å². The molecule has 6 heteroatoms. The van der Waals surface area contributed by atoms with Gasteiger partial charge in [0, 0.05) is 24.8 Å². The third-order valence-electron chi connectivity index (χ3n) is 2.81. The third kappa shape index (κ3) is 1.99. The fourth-order valence-corrected chi connectivity index (χ4v) is 1.80. The normalized spacial score (nSPS) is 12.9. The number of nitrogens with zero attached hydrogens (tertiary/aromatic N) is 3. The van der Waals surface area contributed by atoms with Crippen LogP contribution in [0.2, 0.25) is 0 Å². The Labute approximate surface area is 98.1 Å². The van der Waals surface area contributed by atoms with E-state index < -0.39 is 12.0 Å². The molecule has 1 unspecified atom stereocenters. The maximum absolute atomic E-state index is 10.7. The Hall–Kier alpha value is -1.95. The van der Waals surface area contributed by atoms with Crippen LogP contribution in [0.15, 0.2) is 12.3 Å². The Morgan fingerprint density at radius 2 is 2.35 bits per heavy atom. The summed E-state index contributed by atoms with van der Waals surface area (Å²) < 4.78 is 1.85. The van der Waals surface area contributed by atoms with E-state index in [1.54, 1.807) is 12.3 Å². The molecule has 17 heavy (non-hydrogen) atoms. The molecule has 2 aromatic heterocycles. The maximum Gasteiger partial charge on any atom is 0.305 e. The van der Waals surface area contributed by atoms with Gasteiger partial charge in [-0.25, -0.2) is 9.97 Å². The Kier molecular flexibility index (Phi) is 2.81. The lowest BCUT2D eigenvalue weighted by atomic mass is 10.1. The van der Waals surface area contributed by atoms with Gasteiger partial charge in [0.1, 0.15) is 11.3 Å². The zero-order valence-electron chi connectivity index (χ0n) is 9.71. The highest BCUT2D eigenvalue weighted by Crippen LogP contribution is 2.22. The van der Waals surface area contributed by atoms with Gasteiger partial charge in [0.25, 0.3) is 0 Å². The van der Waals surface area contributed by atoms with Crippen LogP contribution in [0.25, 0.3) is 11.2 Å². The molecule has 0 aliphatic heterocycles. The van der Waals surface area contributed by atoms with Crippen LogP contribution in [0.4, 0.5) is 0 Å². The number of hydrogen-bond donors (Lipinski definition) is 2. The maximum atomic E-state index is 10.7. The largest absolute Gasteiger partial charge is 0.481 e. The molecule has 0 bridgehead atoms. The lowest BCUT2D eigenvalue weighted by Crippen LogP contribution is -2.15. The van der Waals surface area contributed by atoms with Crippen molar-refractivity contribution in [3.8, 4) is 0 Å². The summed E-state index contributed by atoms with van der Waals surface area (Å²) in [5.41, 5.74) is 7.99. The molecule has 2 heterocycles. The van der Waals surface area contributed by atoms with Gasteiger partial charge >= 0.3 is 5.97 Å². The van der Waals surface area contributed by atoms with Crippen molar-refractivity contribution >= 4 is 17.1 Å². The van der Waals surface area contributed by atoms with Crippen LogP contribution < -0.4 is 5.73 Å². The van der Waals surface area contributed by atoms with Crippen LogP contribution in [0, 0.1) is 6.92 Å². The average Bonchev–Trinajstić information content (AvgIpc) is 2.54. The van der Waals surface area contributed by atoms with Crippen LogP contribution in [0.5, 0.6) is 0 Å². The standard InChI is InChI=1S/C11H14N4O2/c1-6-14-10-7(8(12)5-9(16)17)3-4-13-11(10)15(6)2/h3-4,8H,5,12H2,1-2H3,(H,16,17). The van der Waals surface area contributed by atoms with Gasteiger partial charge in [0.15, 0.2) is 5.65 Å². The van der Waals surface area contributed by atoms with E-state index in [1.165, 1.54) is 0 Å². The molecular formula is C11H14N4O2. The lowest BCUT2D eigenvalue weighted by molar-refractivity contribution is -0.137. The molecule has 0 spiro atoms. The summed E-state index contributed by atoms with van der Waals surface area (Å²) in [6, 6.07) is 1.16. The van der Waals surface area contributed by atoms with Gasteiger partial charge in [0.2, 0.25) is 0 Å². The van der Waals surface area contributed by atoms with Gasteiger partial charge < -0.3 is 15.4 Å². The summed E-state index contributed by atoms with van der Waals surface area (Å²) in [7, 11) is 1.87. The SMILES string of the molecule is Cc1nc2c(C(N)CC(=O)O)ccnc2n1C. The highest BCUT2D eigenvalue weighted by atomic mass is 16.4. The number of rotatable bonds is 3. The van der Waals surface area contributed by atoms with Crippen molar-refractivity contribution in [1.82, 2.24) is 14.5 Å². The van der Waals surface area contributed by atoms with Crippen LogP contribution in [0.3, 0.4) is 0 Å². The summed E-state index contributed by atoms with van der Waals surface area (Å²) >= 11 is 0. The van der Waals surface area contributed by atoms with Gasteiger partial charge in [-0.05, 0) is 13.0 Å². The van der Waals surface area contributed by atoms with Gasteiger partial charge in [-0.1, -0.05) is 0 Å². The summed E-state index contributed by atoms with van der Waals surface area (Å²) in [6.07, 6.45) is 1.51. The minimum absolute atomic E-state index is 0.116. The van der Waals surface area contributed by atoms with Crippen LogP contribution in [-0.4, -0.2) is 25.6 Å². The minimum Gasteiger partial charge on any atom is -0.481 e.